The van der Waals surface area contributed by atoms with E-state index in [0.29, 0.717) is 0 Å². The Labute approximate surface area is 92.4 Å². The molecule has 0 unspecified atom stereocenters. The van der Waals surface area contributed by atoms with Gasteiger partial charge in [0.2, 0.25) is 0 Å². The van der Waals surface area contributed by atoms with E-state index in [1.165, 1.54) is 6.07 Å². The molecule has 0 N–H and O–H groups in total. The van der Waals surface area contributed by atoms with Crippen LogP contribution >= 0.6 is 34.2 Å². The number of hydrogen-bond donors (Lipinski definition) is 0. The number of nitriles is 1. The number of carbonyl (C=O) groups is 1. The molecular weight excluding hydrogens is 307 g/mol. The van der Waals surface area contributed by atoms with Crippen LogP contribution in [0.1, 0.15) is 15.9 Å². The van der Waals surface area contributed by atoms with E-state index in [2.05, 4.69) is 0 Å². The van der Waals surface area contributed by atoms with Crippen molar-refractivity contribution in [3.8, 4) is 6.07 Å². The van der Waals surface area contributed by atoms with E-state index in [1.807, 2.05) is 6.07 Å². The molecule has 0 atom stereocenters. The maximum atomic E-state index is 13.1. The zero-order valence-electron chi connectivity index (χ0n) is 6.14. The molecule has 0 aliphatic rings. The quantitative estimate of drug-likeness (QED) is 0.591. The van der Waals surface area contributed by atoms with Gasteiger partial charge in [-0.15, -0.1) is 0 Å². The van der Waals surface area contributed by atoms with E-state index in [9.17, 15) is 9.18 Å². The summed E-state index contributed by atoms with van der Waals surface area (Å²) >= 11 is 6.81. The predicted octanol–water partition coefficient (Wildman–Crippen LogP) is 2.68. The highest BCUT2D eigenvalue weighted by atomic mass is 127. The average molecular weight is 309 g/mol. The number of benzene rings is 1. The highest BCUT2D eigenvalue weighted by Gasteiger charge is 2.13. The Bertz CT molecular complexity index is 413. The van der Waals surface area contributed by atoms with Crippen LogP contribution in [0, 0.1) is 20.7 Å². The first-order chi connectivity index (χ1) is 6.06. The first-order valence-electron chi connectivity index (χ1n) is 3.15. The molecule has 1 rings (SSSR count). The third kappa shape index (κ3) is 2.17. The molecule has 0 saturated carbocycles. The smallest absolute Gasteiger partial charge is 0.255 e. The summed E-state index contributed by atoms with van der Waals surface area (Å²) in [5, 5.41) is 7.63. The van der Waals surface area contributed by atoms with Crippen LogP contribution in [0.5, 0.6) is 0 Å². The van der Waals surface area contributed by atoms with Gasteiger partial charge in [-0.1, -0.05) is 0 Å². The van der Waals surface area contributed by atoms with Gasteiger partial charge >= 0.3 is 0 Å². The summed E-state index contributed by atoms with van der Waals surface area (Å²) in [4.78, 5) is 10.7. The summed E-state index contributed by atoms with van der Waals surface area (Å²) in [6.45, 7) is 0. The fraction of sp³-hybridized carbons (Fsp3) is 0. The van der Waals surface area contributed by atoms with Crippen molar-refractivity contribution in [3.05, 3.63) is 32.6 Å². The van der Waals surface area contributed by atoms with Crippen LogP contribution in [0.2, 0.25) is 0 Å². The lowest BCUT2D eigenvalue weighted by Gasteiger charge is -1.99. The third-order valence-electron chi connectivity index (χ3n) is 1.37. The lowest BCUT2D eigenvalue weighted by atomic mass is 10.1. The summed E-state index contributed by atoms with van der Waals surface area (Å²) in [6, 6.07) is 4.29. The van der Waals surface area contributed by atoms with Crippen molar-refractivity contribution in [3.63, 3.8) is 0 Å². The Kier molecular flexibility index (Phi) is 3.22. The van der Waals surface area contributed by atoms with Gasteiger partial charge in [-0.25, -0.2) is 4.39 Å². The SMILES string of the molecule is N#Cc1cc(I)c(F)c(C(=O)Cl)c1. The van der Waals surface area contributed by atoms with Crippen LogP contribution in [0.25, 0.3) is 0 Å². The van der Waals surface area contributed by atoms with Gasteiger partial charge in [0.1, 0.15) is 5.82 Å². The van der Waals surface area contributed by atoms with E-state index >= 15 is 0 Å². The topological polar surface area (TPSA) is 40.9 Å². The minimum Gasteiger partial charge on any atom is -0.275 e. The van der Waals surface area contributed by atoms with Crippen molar-refractivity contribution < 1.29 is 9.18 Å². The van der Waals surface area contributed by atoms with Crippen LogP contribution in [0.3, 0.4) is 0 Å². The number of carbonyl (C=O) groups excluding carboxylic acids is 1. The van der Waals surface area contributed by atoms with Gasteiger partial charge in [0, 0.05) is 0 Å². The molecule has 2 nitrogen and oxygen atoms in total. The van der Waals surface area contributed by atoms with Gasteiger partial charge < -0.3 is 0 Å². The van der Waals surface area contributed by atoms with Crippen molar-refractivity contribution in [2.24, 2.45) is 0 Å². The molecule has 13 heavy (non-hydrogen) atoms. The average Bonchev–Trinajstić information content (AvgIpc) is 2.09. The molecule has 0 heterocycles. The number of rotatable bonds is 1. The van der Waals surface area contributed by atoms with Gasteiger partial charge in [0.25, 0.3) is 5.24 Å². The number of nitrogens with zero attached hydrogens (tertiary/aromatic N) is 1. The molecule has 1 aromatic carbocycles. The van der Waals surface area contributed by atoms with E-state index in [0.717, 1.165) is 6.07 Å². The second-order valence-corrected chi connectivity index (χ2v) is 3.71. The van der Waals surface area contributed by atoms with Crippen molar-refractivity contribution in [2.75, 3.05) is 0 Å². The Morgan fingerprint density at radius 3 is 2.69 bits per heavy atom. The fourth-order valence-electron chi connectivity index (χ4n) is 0.797. The Hall–Kier alpha value is -0.670. The molecule has 1 aromatic rings. The number of hydrogen-bond acceptors (Lipinski definition) is 2. The lowest BCUT2D eigenvalue weighted by molar-refractivity contribution is 0.107. The van der Waals surface area contributed by atoms with Crippen molar-refractivity contribution >= 4 is 39.4 Å². The third-order valence-corrected chi connectivity index (χ3v) is 2.36. The Morgan fingerprint density at radius 1 is 1.62 bits per heavy atom. The standard InChI is InChI=1S/C8H2ClFINO/c9-8(13)5-1-4(3-12)2-6(11)7(5)10/h1-2H. The Balaban J connectivity index is 3.44. The maximum Gasteiger partial charge on any atom is 0.255 e. The summed E-state index contributed by atoms with van der Waals surface area (Å²) in [5.41, 5.74) is -0.0417. The molecular formula is C8H2ClFINO. The second-order valence-electron chi connectivity index (χ2n) is 2.21. The molecule has 0 aliphatic heterocycles. The molecule has 0 spiro atoms. The van der Waals surface area contributed by atoms with Crippen LogP contribution in [-0.4, -0.2) is 5.24 Å². The Morgan fingerprint density at radius 2 is 2.23 bits per heavy atom. The van der Waals surface area contributed by atoms with Gasteiger partial charge in [0.05, 0.1) is 20.8 Å². The zero-order valence-corrected chi connectivity index (χ0v) is 9.06. The minimum absolute atomic E-state index is 0.209. The summed E-state index contributed by atoms with van der Waals surface area (Å²) in [6.07, 6.45) is 0. The van der Waals surface area contributed by atoms with E-state index < -0.39 is 11.1 Å². The summed E-state index contributed by atoms with van der Waals surface area (Å²) < 4.78 is 13.4. The van der Waals surface area contributed by atoms with E-state index in [-0.39, 0.29) is 14.7 Å². The van der Waals surface area contributed by atoms with E-state index in [1.54, 1.807) is 22.6 Å². The molecule has 0 amide bonds. The van der Waals surface area contributed by atoms with Gasteiger partial charge in [-0.2, -0.15) is 5.26 Å². The van der Waals surface area contributed by atoms with Crippen LogP contribution in [0.4, 0.5) is 4.39 Å². The maximum absolute atomic E-state index is 13.1. The van der Waals surface area contributed by atoms with Gasteiger partial charge in [0.15, 0.2) is 0 Å². The largest absolute Gasteiger partial charge is 0.275 e. The molecule has 66 valence electrons. The zero-order chi connectivity index (χ0) is 10.0. The minimum atomic E-state index is -0.896. The highest BCUT2D eigenvalue weighted by molar-refractivity contribution is 14.1. The lowest BCUT2D eigenvalue weighted by Crippen LogP contribution is -1.98. The molecule has 0 radical (unpaired) electrons. The molecule has 0 aliphatic carbocycles. The highest BCUT2D eigenvalue weighted by Crippen LogP contribution is 2.19. The molecule has 0 bridgehead atoms. The summed E-state index contributed by atoms with van der Waals surface area (Å²) in [7, 11) is 0. The first-order valence-corrected chi connectivity index (χ1v) is 4.61. The first kappa shape index (κ1) is 10.4. The van der Waals surface area contributed by atoms with Crippen molar-refractivity contribution in [2.45, 2.75) is 0 Å². The van der Waals surface area contributed by atoms with Crippen molar-refractivity contribution in [1.82, 2.24) is 0 Å². The van der Waals surface area contributed by atoms with Crippen LogP contribution in [0.15, 0.2) is 12.1 Å². The van der Waals surface area contributed by atoms with Crippen LogP contribution < -0.4 is 0 Å². The number of halogens is 3. The normalized spacial score (nSPS) is 9.38. The van der Waals surface area contributed by atoms with Crippen LogP contribution in [-0.2, 0) is 0 Å². The monoisotopic (exact) mass is 309 g/mol. The van der Waals surface area contributed by atoms with Gasteiger partial charge in [-0.3, -0.25) is 4.79 Å². The van der Waals surface area contributed by atoms with E-state index in [4.69, 9.17) is 16.9 Å². The fourth-order valence-corrected chi connectivity index (χ4v) is 1.56. The predicted molar refractivity (Wildman–Crippen MR) is 54.0 cm³/mol. The second kappa shape index (κ2) is 4.03. The van der Waals surface area contributed by atoms with Crippen molar-refractivity contribution in [1.29, 1.82) is 5.26 Å². The van der Waals surface area contributed by atoms with Gasteiger partial charge in [-0.05, 0) is 46.3 Å². The molecule has 0 saturated heterocycles. The molecule has 0 fully saturated rings. The molecule has 0 aromatic heterocycles. The molecule has 5 heteroatoms. The summed E-state index contributed by atoms with van der Waals surface area (Å²) in [5.74, 6) is -0.681.